The average molecular weight is 432 g/mol. The quantitative estimate of drug-likeness (QED) is 0.599. The Balaban J connectivity index is 1.20. The molecule has 0 radical (unpaired) electrons. The van der Waals surface area contributed by atoms with Gasteiger partial charge in [0.25, 0.3) is 0 Å². The predicted molar refractivity (Wildman–Crippen MR) is 123 cm³/mol. The molecular formula is C27H29NO4. The summed E-state index contributed by atoms with van der Waals surface area (Å²) in [7, 11) is 0. The lowest BCUT2D eigenvalue weighted by molar-refractivity contribution is -0.0153. The smallest absolute Gasteiger partial charge is 0.231 e. The molecule has 0 unspecified atom stereocenters. The maximum absolute atomic E-state index is 12.0. The van der Waals surface area contributed by atoms with E-state index in [9.17, 15) is 5.11 Å². The zero-order chi connectivity index (χ0) is 21.8. The van der Waals surface area contributed by atoms with E-state index < -0.39 is 5.60 Å². The van der Waals surface area contributed by atoms with Gasteiger partial charge in [-0.15, -0.1) is 0 Å². The molecular weight excluding hydrogens is 402 g/mol. The third-order valence-electron chi connectivity index (χ3n) is 6.63. The minimum atomic E-state index is -0.975. The van der Waals surface area contributed by atoms with Crippen LogP contribution in [-0.2, 0) is 5.60 Å². The summed E-state index contributed by atoms with van der Waals surface area (Å²) >= 11 is 0. The second-order valence-corrected chi connectivity index (χ2v) is 8.48. The van der Waals surface area contributed by atoms with Crippen molar-refractivity contribution in [3.05, 3.63) is 90.0 Å². The molecule has 0 saturated carbocycles. The minimum Gasteiger partial charge on any atom is -0.492 e. The highest BCUT2D eigenvalue weighted by molar-refractivity contribution is 5.46. The van der Waals surface area contributed by atoms with Crippen molar-refractivity contribution in [2.45, 2.75) is 18.4 Å². The van der Waals surface area contributed by atoms with Crippen LogP contribution in [-0.4, -0.2) is 43.0 Å². The van der Waals surface area contributed by atoms with Crippen molar-refractivity contribution < 1.29 is 19.3 Å². The fourth-order valence-corrected chi connectivity index (χ4v) is 4.86. The Morgan fingerprint density at radius 1 is 0.844 bits per heavy atom. The number of hydrogen-bond acceptors (Lipinski definition) is 5. The summed E-state index contributed by atoms with van der Waals surface area (Å²) in [6.45, 7) is 3.63. The van der Waals surface area contributed by atoms with Crippen molar-refractivity contribution in [3.63, 3.8) is 0 Å². The van der Waals surface area contributed by atoms with Gasteiger partial charge in [0.1, 0.15) is 18.0 Å². The molecule has 1 N–H and O–H groups in total. The molecule has 1 fully saturated rings. The average Bonchev–Trinajstić information content (AvgIpc) is 3.33. The first kappa shape index (κ1) is 20.9. The molecule has 0 amide bonds. The van der Waals surface area contributed by atoms with Crippen molar-refractivity contribution in [1.82, 2.24) is 4.90 Å². The molecule has 5 nitrogen and oxygen atoms in total. The van der Waals surface area contributed by atoms with Crippen LogP contribution in [0.1, 0.15) is 24.0 Å². The van der Waals surface area contributed by atoms with E-state index in [-0.39, 0.29) is 12.7 Å². The highest BCUT2D eigenvalue weighted by Gasteiger charge is 2.41. The van der Waals surface area contributed by atoms with Crippen LogP contribution >= 0.6 is 0 Å². The zero-order valence-corrected chi connectivity index (χ0v) is 18.2. The summed E-state index contributed by atoms with van der Waals surface area (Å²) in [5.74, 6) is 2.47. The summed E-state index contributed by atoms with van der Waals surface area (Å²) < 4.78 is 16.7. The third kappa shape index (κ3) is 4.18. The van der Waals surface area contributed by atoms with Crippen LogP contribution in [0.2, 0.25) is 0 Å². The molecule has 0 aliphatic carbocycles. The number of rotatable bonds is 7. The van der Waals surface area contributed by atoms with Gasteiger partial charge in [0.15, 0.2) is 11.5 Å². The van der Waals surface area contributed by atoms with E-state index in [1.165, 1.54) is 0 Å². The first-order valence-electron chi connectivity index (χ1n) is 11.3. The van der Waals surface area contributed by atoms with Gasteiger partial charge in [-0.05, 0) is 55.1 Å². The van der Waals surface area contributed by atoms with Crippen molar-refractivity contribution in [3.8, 4) is 17.2 Å². The van der Waals surface area contributed by atoms with Crippen LogP contribution in [0.5, 0.6) is 17.2 Å². The van der Waals surface area contributed by atoms with E-state index in [0.29, 0.717) is 6.61 Å². The fourth-order valence-electron chi connectivity index (χ4n) is 4.86. The number of benzene rings is 3. The molecule has 5 rings (SSSR count). The zero-order valence-electron chi connectivity index (χ0n) is 18.2. The van der Waals surface area contributed by atoms with E-state index in [4.69, 9.17) is 14.2 Å². The van der Waals surface area contributed by atoms with E-state index in [2.05, 4.69) is 4.90 Å². The first-order valence-corrected chi connectivity index (χ1v) is 11.3. The summed E-state index contributed by atoms with van der Waals surface area (Å²) in [5.41, 5.74) is 0.962. The van der Waals surface area contributed by atoms with Crippen LogP contribution in [0.25, 0.3) is 0 Å². The van der Waals surface area contributed by atoms with Gasteiger partial charge >= 0.3 is 0 Å². The monoisotopic (exact) mass is 431 g/mol. The van der Waals surface area contributed by atoms with Gasteiger partial charge in [-0.3, -0.25) is 4.90 Å². The summed E-state index contributed by atoms with van der Waals surface area (Å²) in [4.78, 5) is 2.42. The molecule has 0 spiro atoms. The molecule has 0 atom stereocenters. The normalized spacial score (nSPS) is 16.8. The van der Waals surface area contributed by atoms with Crippen LogP contribution in [0.4, 0.5) is 0 Å². The Labute approximate surface area is 189 Å². The molecule has 166 valence electrons. The summed E-state index contributed by atoms with van der Waals surface area (Å²) in [5, 5.41) is 12.0. The van der Waals surface area contributed by atoms with Crippen molar-refractivity contribution in [2.75, 3.05) is 33.0 Å². The summed E-state index contributed by atoms with van der Waals surface area (Å²) in [6, 6.07) is 25.9. The van der Waals surface area contributed by atoms with Gasteiger partial charge in [0.2, 0.25) is 6.79 Å². The molecule has 0 bridgehead atoms. The van der Waals surface area contributed by atoms with Crippen molar-refractivity contribution in [1.29, 1.82) is 0 Å². The highest BCUT2D eigenvalue weighted by atomic mass is 16.7. The summed E-state index contributed by atoms with van der Waals surface area (Å²) in [6.07, 6.45) is 1.87. The second-order valence-electron chi connectivity index (χ2n) is 8.48. The number of nitrogens with zero attached hydrogens (tertiary/aromatic N) is 1. The third-order valence-corrected chi connectivity index (χ3v) is 6.63. The van der Waals surface area contributed by atoms with Gasteiger partial charge < -0.3 is 19.3 Å². The standard InChI is InChI=1S/C27H29NO4/c29-27(21-7-3-1-4-8-21,22-9-5-2-6-10-22)23-13-15-28(16-14-23)17-18-30-24-11-12-25-26(19-24)32-20-31-25/h1-12,19,23,29H,13-18,20H2. The molecule has 2 aliphatic rings. The van der Waals surface area contributed by atoms with E-state index in [1.807, 2.05) is 78.9 Å². The molecule has 0 aromatic heterocycles. The van der Waals surface area contributed by atoms with Crippen molar-refractivity contribution >= 4 is 0 Å². The Kier molecular flexibility index (Phi) is 6.02. The van der Waals surface area contributed by atoms with Gasteiger partial charge in [0, 0.05) is 12.6 Å². The van der Waals surface area contributed by atoms with Crippen LogP contribution < -0.4 is 14.2 Å². The van der Waals surface area contributed by atoms with Crippen LogP contribution in [0.15, 0.2) is 78.9 Å². The lowest BCUT2D eigenvalue weighted by Crippen LogP contribution is -2.45. The molecule has 5 heteroatoms. The van der Waals surface area contributed by atoms with Crippen molar-refractivity contribution in [2.24, 2.45) is 5.92 Å². The van der Waals surface area contributed by atoms with Gasteiger partial charge in [-0.2, -0.15) is 0 Å². The van der Waals surface area contributed by atoms with Gasteiger partial charge in [-0.1, -0.05) is 60.7 Å². The number of hydrogen-bond donors (Lipinski definition) is 1. The fraction of sp³-hybridized carbons (Fsp3) is 0.333. The largest absolute Gasteiger partial charge is 0.492 e. The first-order chi connectivity index (χ1) is 15.7. The maximum Gasteiger partial charge on any atom is 0.231 e. The number of aliphatic hydroxyl groups is 1. The predicted octanol–water partition coefficient (Wildman–Crippen LogP) is 4.44. The Hall–Kier alpha value is -3.02. The van der Waals surface area contributed by atoms with Crippen LogP contribution in [0.3, 0.4) is 0 Å². The lowest BCUT2D eigenvalue weighted by atomic mass is 9.72. The Morgan fingerprint density at radius 3 is 2.12 bits per heavy atom. The molecule has 3 aromatic carbocycles. The topological polar surface area (TPSA) is 51.2 Å². The minimum absolute atomic E-state index is 0.165. The van der Waals surface area contributed by atoms with E-state index in [0.717, 1.165) is 60.9 Å². The highest BCUT2D eigenvalue weighted by Crippen LogP contribution is 2.42. The van der Waals surface area contributed by atoms with E-state index >= 15 is 0 Å². The number of likely N-dealkylation sites (tertiary alicyclic amines) is 1. The number of fused-ring (bicyclic) bond motifs is 1. The lowest BCUT2D eigenvalue weighted by Gasteiger charge is -2.42. The SMILES string of the molecule is OC(c1ccccc1)(c1ccccc1)C1CCN(CCOc2ccc3c(c2)OCO3)CC1. The molecule has 32 heavy (non-hydrogen) atoms. The molecule has 1 saturated heterocycles. The Morgan fingerprint density at radius 2 is 1.47 bits per heavy atom. The molecule has 2 heterocycles. The number of piperidine rings is 1. The van der Waals surface area contributed by atoms with Crippen LogP contribution in [0, 0.1) is 5.92 Å². The number of ether oxygens (including phenoxy) is 3. The second kappa shape index (κ2) is 9.23. The van der Waals surface area contributed by atoms with Gasteiger partial charge in [0.05, 0.1) is 0 Å². The van der Waals surface area contributed by atoms with Gasteiger partial charge in [-0.25, -0.2) is 0 Å². The van der Waals surface area contributed by atoms with E-state index in [1.54, 1.807) is 0 Å². The Bertz CT molecular complexity index is 977. The maximum atomic E-state index is 12.0. The molecule has 2 aliphatic heterocycles. The molecule has 3 aromatic rings.